The van der Waals surface area contributed by atoms with Crippen molar-refractivity contribution in [3.05, 3.63) is 24.0 Å². The highest BCUT2D eigenvalue weighted by Gasteiger charge is 2.08. The number of carbonyl (C=O) groups is 1. The molecule has 0 fully saturated rings. The number of hydrogen-bond acceptors (Lipinski definition) is 3. The Hall–Kier alpha value is -1.84. The molecule has 1 aromatic carbocycles. The maximum atomic E-state index is 10.5. The number of aryl methyl sites for hydroxylation is 1. The molecule has 0 radical (unpaired) electrons. The van der Waals surface area contributed by atoms with Crippen molar-refractivity contribution < 1.29 is 9.90 Å². The molecule has 0 saturated heterocycles. The van der Waals surface area contributed by atoms with Gasteiger partial charge in [-0.2, -0.15) is 0 Å². The molecule has 4 heteroatoms. The fourth-order valence-corrected chi connectivity index (χ4v) is 1.30. The Morgan fingerprint density at radius 3 is 3.00 bits per heavy atom. The first-order valence-corrected chi connectivity index (χ1v) is 3.82. The first kappa shape index (κ1) is 7.79. The van der Waals surface area contributed by atoms with Gasteiger partial charge < -0.3 is 9.67 Å². The number of aromatic hydroxyl groups is 1. The number of benzene rings is 1. The number of phenols is 1. The molecule has 13 heavy (non-hydrogen) atoms. The second-order valence-corrected chi connectivity index (χ2v) is 2.84. The lowest BCUT2D eigenvalue weighted by Gasteiger charge is -1.98. The summed E-state index contributed by atoms with van der Waals surface area (Å²) in [7, 11) is 1.83. The van der Waals surface area contributed by atoms with Gasteiger partial charge in [-0.3, -0.25) is 4.79 Å². The fourth-order valence-electron chi connectivity index (χ4n) is 1.30. The molecule has 0 aliphatic heterocycles. The molecule has 0 spiro atoms. The summed E-state index contributed by atoms with van der Waals surface area (Å²) in [6, 6.07) is 3.33. The highest BCUT2D eigenvalue weighted by Crippen LogP contribution is 2.25. The van der Waals surface area contributed by atoms with Gasteiger partial charge >= 0.3 is 0 Å². The summed E-state index contributed by atoms with van der Waals surface area (Å²) in [6.07, 6.45) is 2.21. The second-order valence-electron chi connectivity index (χ2n) is 2.84. The Labute approximate surface area is 74.4 Å². The van der Waals surface area contributed by atoms with E-state index >= 15 is 0 Å². The Morgan fingerprint density at radius 1 is 1.54 bits per heavy atom. The zero-order valence-corrected chi connectivity index (χ0v) is 7.06. The Balaban J connectivity index is 2.87. The van der Waals surface area contributed by atoms with Gasteiger partial charge in [0.25, 0.3) is 0 Å². The predicted molar refractivity (Wildman–Crippen MR) is 47.8 cm³/mol. The molecule has 1 aromatic heterocycles. The molecule has 0 amide bonds. The van der Waals surface area contributed by atoms with Crippen molar-refractivity contribution in [2.24, 2.45) is 7.05 Å². The molecule has 2 rings (SSSR count). The Kier molecular flexibility index (Phi) is 1.55. The molecular formula is C9H8N2O2. The molecular weight excluding hydrogens is 168 g/mol. The van der Waals surface area contributed by atoms with Gasteiger partial charge in [-0.15, -0.1) is 0 Å². The number of aldehydes is 1. The molecule has 0 aliphatic carbocycles. The van der Waals surface area contributed by atoms with Gasteiger partial charge in [-0.1, -0.05) is 0 Å². The number of fused-ring (bicyclic) bond motifs is 1. The number of rotatable bonds is 1. The van der Waals surface area contributed by atoms with E-state index in [-0.39, 0.29) is 11.3 Å². The predicted octanol–water partition coefficient (Wildman–Crippen LogP) is 1.09. The van der Waals surface area contributed by atoms with Crippen LogP contribution in [-0.2, 0) is 7.05 Å². The van der Waals surface area contributed by atoms with Crippen LogP contribution in [0.2, 0.25) is 0 Å². The highest BCUT2D eigenvalue weighted by atomic mass is 16.3. The lowest BCUT2D eigenvalue weighted by molar-refractivity contribution is 0.112. The van der Waals surface area contributed by atoms with Crippen molar-refractivity contribution in [3.8, 4) is 5.75 Å². The molecule has 66 valence electrons. The number of nitrogens with zero attached hydrogens (tertiary/aromatic N) is 2. The number of aromatic nitrogens is 2. The maximum Gasteiger partial charge on any atom is 0.153 e. The summed E-state index contributed by atoms with van der Waals surface area (Å²) < 4.78 is 1.78. The van der Waals surface area contributed by atoms with E-state index < -0.39 is 0 Å². The van der Waals surface area contributed by atoms with Gasteiger partial charge in [0.1, 0.15) is 5.52 Å². The maximum absolute atomic E-state index is 10.5. The zero-order chi connectivity index (χ0) is 9.42. The van der Waals surface area contributed by atoms with E-state index in [1.165, 1.54) is 0 Å². The van der Waals surface area contributed by atoms with Gasteiger partial charge in [0.05, 0.1) is 17.4 Å². The number of hydrogen-bond donors (Lipinski definition) is 1. The van der Waals surface area contributed by atoms with Crippen molar-refractivity contribution in [1.82, 2.24) is 9.55 Å². The molecule has 4 nitrogen and oxygen atoms in total. The van der Waals surface area contributed by atoms with Crippen molar-refractivity contribution >= 4 is 17.3 Å². The monoisotopic (exact) mass is 176 g/mol. The largest absolute Gasteiger partial charge is 0.505 e. The lowest BCUT2D eigenvalue weighted by Crippen LogP contribution is -1.86. The molecule has 0 atom stereocenters. The smallest absolute Gasteiger partial charge is 0.153 e. The average molecular weight is 176 g/mol. The van der Waals surface area contributed by atoms with Gasteiger partial charge in [-0.05, 0) is 12.1 Å². The summed E-state index contributed by atoms with van der Waals surface area (Å²) in [5.41, 5.74) is 1.54. The highest BCUT2D eigenvalue weighted by molar-refractivity contribution is 5.92. The summed E-state index contributed by atoms with van der Waals surface area (Å²) in [6.45, 7) is 0. The molecule has 0 saturated carbocycles. The summed E-state index contributed by atoms with van der Waals surface area (Å²) in [4.78, 5) is 14.5. The lowest BCUT2D eigenvalue weighted by atomic mass is 10.2. The van der Waals surface area contributed by atoms with Crippen LogP contribution in [-0.4, -0.2) is 20.9 Å². The second kappa shape index (κ2) is 2.58. The third-order valence-electron chi connectivity index (χ3n) is 2.03. The van der Waals surface area contributed by atoms with Crippen LogP contribution >= 0.6 is 0 Å². The van der Waals surface area contributed by atoms with E-state index in [9.17, 15) is 9.90 Å². The molecule has 1 N–H and O–H groups in total. The molecule has 0 unspecified atom stereocenters. The molecule has 1 heterocycles. The van der Waals surface area contributed by atoms with Gasteiger partial charge in [0.15, 0.2) is 12.0 Å². The zero-order valence-electron chi connectivity index (χ0n) is 7.06. The average Bonchev–Trinajstić information content (AvgIpc) is 2.50. The minimum atomic E-state index is -0.0481. The number of phenolic OH excluding ortho intramolecular Hbond substituents is 1. The molecule has 0 aliphatic rings. The van der Waals surface area contributed by atoms with Crippen LogP contribution in [0, 0.1) is 0 Å². The van der Waals surface area contributed by atoms with E-state index in [0.29, 0.717) is 11.8 Å². The minimum Gasteiger partial charge on any atom is -0.505 e. The van der Waals surface area contributed by atoms with E-state index in [2.05, 4.69) is 4.98 Å². The van der Waals surface area contributed by atoms with E-state index in [4.69, 9.17) is 0 Å². The third kappa shape index (κ3) is 0.989. The SMILES string of the molecule is Cn1cnc2c(O)c(C=O)ccc21. The van der Waals surface area contributed by atoms with Crippen molar-refractivity contribution in [2.75, 3.05) is 0 Å². The third-order valence-corrected chi connectivity index (χ3v) is 2.03. The summed E-state index contributed by atoms with van der Waals surface area (Å²) in [5.74, 6) is -0.0481. The normalized spacial score (nSPS) is 10.5. The summed E-state index contributed by atoms with van der Waals surface area (Å²) in [5, 5.41) is 9.56. The van der Waals surface area contributed by atoms with Crippen LogP contribution in [0.15, 0.2) is 18.5 Å². The Bertz CT molecular complexity index is 474. The molecule has 2 aromatic rings. The minimum absolute atomic E-state index is 0.0481. The van der Waals surface area contributed by atoms with Gasteiger partial charge in [0.2, 0.25) is 0 Å². The first-order chi connectivity index (χ1) is 6.24. The number of carbonyl (C=O) groups excluding carboxylic acids is 1. The van der Waals surface area contributed by atoms with Crippen molar-refractivity contribution in [2.45, 2.75) is 0 Å². The topological polar surface area (TPSA) is 55.1 Å². The van der Waals surface area contributed by atoms with Crippen molar-refractivity contribution in [1.29, 1.82) is 0 Å². The van der Waals surface area contributed by atoms with Gasteiger partial charge in [0, 0.05) is 7.05 Å². The van der Waals surface area contributed by atoms with Gasteiger partial charge in [-0.25, -0.2) is 4.98 Å². The van der Waals surface area contributed by atoms with Crippen molar-refractivity contribution in [3.63, 3.8) is 0 Å². The summed E-state index contributed by atoms with van der Waals surface area (Å²) >= 11 is 0. The standard InChI is InChI=1S/C9H8N2O2/c1-11-5-10-8-7(11)3-2-6(4-12)9(8)13/h2-5,13H,1H3. The van der Waals surface area contributed by atoms with Crippen LogP contribution < -0.4 is 0 Å². The van der Waals surface area contributed by atoms with E-state index in [1.807, 2.05) is 7.05 Å². The fraction of sp³-hybridized carbons (Fsp3) is 0.111. The van der Waals surface area contributed by atoms with Crippen LogP contribution in [0.25, 0.3) is 11.0 Å². The molecule has 0 bridgehead atoms. The van der Waals surface area contributed by atoms with E-state index in [1.54, 1.807) is 23.0 Å². The van der Waals surface area contributed by atoms with Crippen LogP contribution in [0.5, 0.6) is 5.75 Å². The van der Waals surface area contributed by atoms with Crippen LogP contribution in [0.4, 0.5) is 0 Å². The van der Waals surface area contributed by atoms with Crippen LogP contribution in [0.3, 0.4) is 0 Å². The van der Waals surface area contributed by atoms with Crippen LogP contribution in [0.1, 0.15) is 10.4 Å². The first-order valence-electron chi connectivity index (χ1n) is 3.82. The Morgan fingerprint density at radius 2 is 2.31 bits per heavy atom. The number of imidazole rings is 1. The van der Waals surface area contributed by atoms with E-state index in [0.717, 1.165) is 5.52 Å². The quantitative estimate of drug-likeness (QED) is 0.662.